The molecular formula is C13H20BrO3P. The van der Waals surface area contributed by atoms with Crippen molar-refractivity contribution in [3.8, 4) is 0 Å². The van der Waals surface area contributed by atoms with Crippen LogP contribution in [0.5, 0.6) is 0 Å². The Morgan fingerprint density at radius 3 is 2.17 bits per heavy atom. The molecule has 0 atom stereocenters. The summed E-state index contributed by atoms with van der Waals surface area (Å²) >= 11 is 3.49. The van der Waals surface area contributed by atoms with Crippen molar-refractivity contribution < 1.29 is 13.6 Å². The monoisotopic (exact) mass is 334 g/mol. The molecule has 18 heavy (non-hydrogen) atoms. The molecule has 0 spiro atoms. The Morgan fingerprint density at radius 1 is 1.11 bits per heavy atom. The van der Waals surface area contributed by atoms with Crippen LogP contribution < -0.4 is 0 Å². The highest BCUT2D eigenvalue weighted by Gasteiger charge is 2.25. The SMILES string of the molecule is CCOP(=O)(Cc1cc(C)c(Br)cc1C)OCC. The lowest BCUT2D eigenvalue weighted by Gasteiger charge is -2.18. The third kappa shape index (κ3) is 4.20. The van der Waals surface area contributed by atoms with Gasteiger partial charge in [-0.1, -0.05) is 22.0 Å². The Morgan fingerprint density at radius 2 is 1.67 bits per heavy atom. The molecule has 0 bridgehead atoms. The lowest BCUT2D eigenvalue weighted by atomic mass is 10.1. The van der Waals surface area contributed by atoms with Gasteiger partial charge in [-0.05, 0) is 50.5 Å². The Bertz CT molecular complexity index is 450. The molecule has 0 saturated heterocycles. The van der Waals surface area contributed by atoms with E-state index in [2.05, 4.69) is 15.9 Å². The van der Waals surface area contributed by atoms with Crippen molar-refractivity contribution in [2.45, 2.75) is 33.9 Å². The average molecular weight is 335 g/mol. The number of aryl methyl sites for hydroxylation is 2. The normalized spacial score (nSPS) is 11.8. The van der Waals surface area contributed by atoms with Crippen LogP contribution in [0.15, 0.2) is 16.6 Å². The molecule has 1 rings (SSSR count). The predicted molar refractivity (Wildman–Crippen MR) is 78.2 cm³/mol. The Balaban J connectivity index is 3.01. The Kier molecular flexibility index (Phi) is 6.06. The largest absolute Gasteiger partial charge is 0.335 e. The fraction of sp³-hybridized carbons (Fsp3) is 0.538. The fourth-order valence-corrected chi connectivity index (χ4v) is 4.00. The lowest BCUT2D eigenvalue weighted by Crippen LogP contribution is -2.01. The fourth-order valence-electron chi connectivity index (χ4n) is 1.74. The summed E-state index contributed by atoms with van der Waals surface area (Å²) in [4.78, 5) is 0. The second kappa shape index (κ2) is 6.85. The molecule has 0 heterocycles. The molecule has 3 nitrogen and oxygen atoms in total. The second-order valence-electron chi connectivity index (χ2n) is 4.13. The van der Waals surface area contributed by atoms with Crippen molar-refractivity contribution in [3.05, 3.63) is 33.3 Å². The summed E-state index contributed by atoms with van der Waals surface area (Å²) in [6.07, 6.45) is 0.328. The van der Waals surface area contributed by atoms with Crippen LogP contribution in [-0.4, -0.2) is 13.2 Å². The maximum atomic E-state index is 12.5. The van der Waals surface area contributed by atoms with Crippen LogP contribution in [0.2, 0.25) is 0 Å². The van der Waals surface area contributed by atoms with Crippen LogP contribution in [0.1, 0.15) is 30.5 Å². The van der Waals surface area contributed by atoms with Crippen molar-refractivity contribution in [2.24, 2.45) is 0 Å². The van der Waals surface area contributed by atoms with Crippen molar-refractivity contribution in [3.63, 3.8) is 0 Å². The van der Waals surface area contributed by atoms with E-state index in [0.29, 0.717) is 19.4 Å². The molecule has 0 aliphatic carbocycles. The first-order valence-corrected chi connectivity index (χ1v) is 8.57. The molecule has 0 saturated carbocycles. The van der Waals surface area contributed by atoms with Gasteiger partial charge in [-0.15, -0.1) is 0 Å². The van der Waals surface area contributed by atoms with E-state index in [4.69, 9.17) is 9.05 Å². The molecule has 0 aromatic heterocycles. The average Bonchev–Trinajstić information content (AvgIpc) is 2.26. The van der Waals surface area contributed by atoms with E-state index in [-0.39, 0.29) is 0 Å². The van der Waals surface area contributed by atoms with E-state index < -0.39 is 7.60 Å². The van der Waals surface area contributed by atoms with Gasteiger partial charge < -0.3 is 9.05 Å². The van der Waals surface area contributed by atoms with E-state index in [1.807, 2.05) is 39.8 Å². The molecule has 0 fully saturated rings. The third-order valence-electron chi connectivity index (χ3n) is 2.63. The summed E-state index contributed by atoms with van der Waals surface area (Å²) in [5.41, 5.74) is 3.23. The molecule has 0 aliphatic rings. The Labute approximate surface area is 118 Å². The van der Waals surface area contributed by atoms with E-state index in [0.717, 1.165) is 21.2 Å². The zero-order valence-electron chi connectivity index (χ0n) is 11.3. The van der Waals surface area contributed by atoms with Gasteiger partial charge in [-0.25, -0.2) is 0 Å². The first kappa shape index (κ1) is 15.9. The van der Waals surface area contributed by atoms with E-state index in [1.165, 1.54) is 0 Å². The van der Waals surface area contributed by atoms with Gasteiger partial charge in [0, 0.05) is 4.47 Å². The van der Waals surface area contributed by atoms with Crippen LogP contribution in [0.4, 0.5) is 0 Å². The maximum Gasteiger partial charge on any atom is 0.335 e. The molecule has 1 aromatic carbocycles. The van der Waals surface area contributed by atoms with Crippen molar-refractivity contribution in [1.82, 2.24) is 0 Å². The second-order valence-corrected chi connectivity index (χ2v) is 7.04. The van der Waals surface area contributed by atoms with Gasteiger partial charge in [0.15, 0.2) is 0 Å². The highest BCUT2D eigenvalue weighted by Crippen LogP contribution is 2.51. The van der Waals surface area contributed by atoms with Crippen molar-refractivity contribution in [1.29, 1.82) is 0 Å². The minimum Gasteiger partial charge on any atom is -0.309 e. The molecule has 0 unspecified atom stereocenters. The topological polar surface area (TPSA) is 35.5 Å². The summed E-state index contributed by atoms with van der Waals surface area (Å²) in [6.45, 7) is 8.45. The van der Waals surface area contributed by atoms with Gasteiger partial charge >= 0.3 is 7.60 Å². The zero-order chi connectivity index (χ0) is 13.8. The quantitative estimate of drug-likeness (QED) is 0.699. The zero-order valence-corrected chi connectivity index (χ0v) is 13.8. The number of rotatable bonds is 6. The van der Waals surface area contributed by atoms with Gasteiger partial charge in [0.05, 0.1) is 19.4 Å². The van der Waals surface area contributed by atoms with Gasteiger partial charge in [0.2, 0.25) is 0 Å². The first-order valence-electron chi connectivity index (χ1n) is 6.05. The van der Waals surface area contributed by atoms with Crippen LogP contribution >= 0.6 is 23.5 Å². The molecular weight excluding hydrogens is 315 g/mol. The standard InChI is InChI=1S/C13H20BrO3P/c1-5-16-18(15,17-6-2)9-12-7-11(4)13(14)8-10(12)3/h7-8H,5-6,9H2,1-4H3. The van der Waals surface area contributed by atoms with E-state index in [9.17, 15) is 4.57 Å². The van der Waals surface area contributed by atoms with Crippen LogP contribution in [-0.2, 0) is 19.8 Å². The minimum absolute atomic E-state index is 0.328. The predicted octanol–water partition coefficient (Wildman–Crippen LogP) is 4.83. The van der Waals surface area contributed by atoms with Crippen LogP contribution in [0, 0.1) is 13.8 Å². The minimum atomic E-state index is -3.02. The van der Waals surface area contributed by atoms with Crippen molar-refractivity contribution >= 4 is 23.5 Å². The van der Waals surface area contributed by atoms with Gasteiger partial charge in [-0.3, -0.25) is 4.57 Å². The summed E-state index contributed by atoms with van der Waals surface area (Å²) in [5.74, 6) is 0. The highest BCUT2D eigenvalue weighted by atomic mass is 79.9. The molecule has 0 N–H and O–H groups in total. The van der Waals surface area contributed by atoms with Gasteiger partial charge in [0.1, 0.15) is 0 Å². The van der Waals surface area contributed by atoms with Crippen molar-refractivity contribution in [2.75, 3.05) is 13.2 Å². The van der Waals surface area contributed by atoms with E-state index >= 15 is 0 Å². The van der Waals surface area contributed by atoms with Gasteiger partial charge in [-0.2, -0.15) is 0 Å². The van der Waals surface area contributed by atoms with Crippen LogP contribution in [0.25, 0.3) is 0 Å². The number of halogens is 1. The first-order chi connectivity index (χ1) is 8.41. The smallest absolute Gasteiger partial charge is 0.309 e. The number of hydrogen-bond donors (Lipinski definition) is 0. The summed E-state index contributed by atoms with van der Waals surface area (Å²) in [7, 11) is -3.02. The Hall–Kier alpha value is -0.150. The third-order valence-corrected chi connectivity index (χ3v) is 5.52. The molecule has 5 heteroatoms. The molecule has 1 aromatic rings. The summed E-state index contributed by atoms with van der Waals surface area (Å²) < 4.78 is 24.2. The number of benzene rings is 1. The summed E-state index contributed by atoms with van der Waals surface area (Å²) in [5, 5.41) is 0. The van der Waals surface area contributed by atoms with Gasteiger partial charge in [0.25, 0.3) is 0 Å². The molecule has 0 aliphatic heterocycles. The maximum absolute atomic E-state index is 12.5. The van der Waals surface area contributed by atoms with Crippen LogP contribution in [0.3, 0.4) is 0 Å². The molecule has 0 amide bonds. The number of hydrogen-bond acceptors (Lipinski definition) is 3. The molecule has 0 radical (unpaired) electrons. The van der Waals surface area contributed by atoms with E-state index in [1.54, 1.807) is 0 Å². The lowest BCUT2D eigenvalue weighted by molar-refractivity contribution is 0.219. The summed E-state index contributed by atoms with van der Waals surface area (Å²) in [6, 6.07) is 4.07. The highest BCUT2D eigenvalue weighted by molar-refractivity contribution is 9.10. The molecule has 102 valence electrons.